The fourth-order valence-corrected chi connectivity index (χ4v) is 3.05. The van der Waals surface area contributed by atoms with Crippen LogP contribution in [-0.4, -0.2) is 10.5 Å². The number of hydrogen-bond donors (Lipinski definition) is 1. The van der Waals surface area contributed by atoms with E-state index in [1.807, 2.05) is 12.3 Å². The van der Waals surface area contributed by atoms with Gasteiger partial charge in [0.15, 0.2) is 0 Å². The summed E-state index contributed by atoms with van der Waals surface area (Å²) >= 11 is 1.62. The molecule has 1 aliphatic heterocycles. The average molecular weight is 269 g/mol. The van der Waals surface area contributed by atoms with Crippen LogP contribution in [0.3, 0.4) is 0 Å². The Morgan fingerprint density at radius 1 is 1.26 bits per heavy atom. The van der Waals surface area contributed by atoms with Crippen molar-refractivity contribution in [2.24, 2.45) is 5.73 Å². The van der Waals surface area contributed by atoms with E-state index in [2.05, 4.69) is 52.5 Å². The Balaban J connectivity index is 2.02. The lowest BCUT2D eigenvalue weighted by atomic mass is 10.1. The number of nitrogens with two attached hydrogens (primary N) is 1. The van der Waals surface area contributed by atoms with Crippen molar-refractivity contribution in [3.63, 3.8) is 0 Å². The summed E-state index contributed by atoms with van der Waals surface area (Å²) < 4.78 is 0. The second-order valence-corrected chi connectivity index (χ2v) is 5.47. The predicted molar refractivity (Wildman–Crippen MR) is 81.4 cm³/mol. The Bertz CT molecular complexity index is 610. The molecule has 2 aromatic rings. The van der Waals surface area contributed by atoms with Gasteiger partial charge in [-0.15, -0.1) is 0 Å². The third kappa shape index (κ3) is 2.37. The molecule has 0 aliphatic carbocycles. The van der Waals surface area contributed by atoms with Crippen LogP contribution >= 0.6 is 11.8 Å². The predicted octanol–water partition coefficient (Wildman–Crippen LogP) is 3.18. The molecule has 19 heavy (non-hydrogen) atoms. The second kappa shape index (κ2) is 5.07. The molecule has 1 aliphatic rings. The molecule has 96 valence electrons. The van der Waals surface area contributed by atoms with Gasteiger partial charge < -0.3 is 10.6 Å². The van der Waals surface area contributed by atoms with Gasteiger partial charge >= 0.3 is 0 Å². The normalized spacial score (nSPS) is 18.5. The number of aryl methyl sites for hydroxylation is 1. The summed E-state index contributed by atoms with van der Waals surface area (Å²) in [4.78, 5) is 6.33. The Labute approximate surface area is 117 Å². The molecule has 2 N–H and O–H groups in total. The van der Waals surface area contributed by atoms with E-state index in [0.29, 0.717) is 0 Å². The van der Waals surface area contributed by atoms with E-state index in [1.54, 1.807) is 18.0 Å². The van der Waals surface area contributed by atoms with Crippen molar-refractivity contribution in [3.05, 3.63) is 65.3 Å². The zero-order valence-corrected chi connectivity index (χ0v) is 11.5. The first kappa shape index (κ1) is 12.3. The summed E-state index contributed by atoms with van der Waals surface area (Å²) in [6.07, 6.45) is 3.65. The van der Waals surface area contributed by atoms with E-state index in [0.717, 1.165) is 16.9 Å². The van der Waals surface area contributed by atoms with Crippen LogP contribution in [0.1, 0.15) is 11.1 Å². The minimum atomic E-state index is -0.0861. The van der Waals surface area contributed by atoms with Gasteiger partial charge in [0.05, 0.1) is 5.70 Å². The number of anilines is 1. The lowest BCUT2D eigenvalue weighted by molar-refractivity contribution is 0.936. The van der Waals surface area contributed by atoms with Gasteiger partial charge in [-0.25, -0.2) is 0 Å². The molecule has 3 rings (SSSR count). The Hall–Kier alpha value is -1.78. The molecule has 0 radical (unpaired) electrons. The van der Waals surface area contributed by atoms with Crippen molar-refractivity contribution in [1.29, 1.82) is 0 Å². The standard InChI is InChI=1S/C15H15N3S/c1-11-4-2-6-13(8-11)18-14(10-19-15(18)16)12-5-3-7-17-9-12/h2-10,15H,16H2,1H3. The number of nitrogens with zero attached hydrogens (tertiary/aromatic N) is 2. The summed E-state index contributed by atoms with van der Waals surface area (Å²) in [6.45, 7) is 2.09. The number of thioether (sulfide) groups is 1. The highest BCUT2D eigenvalue weighted by Gasteiger charge is 2.26. The van der Waals surface area contributed by atoms with Crippen molar-refractivity contribution in [2.45, 2.75) is 12.4 Å². The number of rotatable bonds is 2. The smallest absolute Gasteiger partial charge is 0.134 e. The van der Waals surface area contributed by atoms with E-state index in [9.17, 15) is 0 Å². The highest BCUT2D eigenvalue weighted by Crippen LogP contribution is 2.38. The first-order valence-electron chi connectivity index (χ1n) is 6.13. The summed E-state index contributed by atoms with van der Waals surface area (Å²) in [5.74, 6) is 0. The van der Waals surface area contributed by atoms with Crippen LogP contribution in [-0.2, 0) is 0 Å². The van der Waals surface area contributed by atoms with Crippen LogP contribution in [0.4, 0.5) is 5.69 Å². The highest BCUT2D eigenvalue weighted by atomic mass is 32.2. The molecule has 1 unspecified atom stereocenters. The molecule has 4 heteroatoms. The van der Waals surface area contributed by atoms with Gasteiger partial charge in [-0.3, -0.25) is 4.98 Å². The van der Waals surface area contributed by atoms with Crippen molar-refractivity contribution < 1.29 is 0 Å². The van der Waals surface area contributed by atoms with Gasteiger partial charge in [-0.2, -0.15) is 0 Å². The van der Waals surface area contributed by atoms with Gasteiger partial charge in [0.1, 0.15) is 5.50 Å². The maximum Gasteiger partial charge on any atom is 0.134 e. The molecular weight excluding hydrogens is 254 g/mol. The third-order valence-electron chi connectivity index (χ3n) is 3.07. The van der Waals surface area contributed by atoms with Crippen LogP contribution in [0.15, 0.2) is 54.2 Å². The molecule has 0 amide bonds. The van der Waals surface area contributed by atoms with Gasteiger partial charge in [0, 0.05) is 23.6 Å². The Morgan fingerprint density at radius 3 is 2.89 bits per heavy atom. The highest BCUT2D eigenvalue weighted by molar-refractivity contribution is 8.03. The Morgan fingerprint density at radius 2 is 2.16 bits per heavy atom. The third-order valence-corrected chi connectivity index (χ3v) is 3.92. The largest absolute Gasteiger partial charge is 0.315 e. The SMILES string of the molecule is Cc1cccc(N2C(c3cccnc3)=CSC2N)c1. The summed E-state index contributed by atoms with van der Waals surface area (Å²) in [5, 5.41) is 2.10. The van der Waals surface area contributed by atoms with Gasteiger partial charge in [0.25, 0.3) is 0 Å². The van der Waals surface area contributed by atoms with Crippen LogP contribution in [0.5, 0.6) is 0 Å². The molecule has 1 atom stereocenters. The summed E-state index contributed by atoms with van der Waals surface area (Å²) in [5.41, 5.74) is 10.7. The molecule has 1 aromatic carbocycles. The average Bonchev–Trinajstić information content (AvgIpc) is 2.82. The van der Waals surface area contributed by atoms with Crippen molar-refractivity contribution >= 4 is 23.1 Å². The minimum absolute atomic E-state index is 0.0861. The molecule has 0 fully saturated rings. The van der Waals surface area contributed by atoms with Gasteiger partial charge in [-0.1, -0.05) is 23.9 Å². The van der Waals surface area contributed by atoms with Crippen molar-refractivity contribution in [2.75, 3.05) is 4.90 Å². The quantitative estimate of drug-likeness (QED) is 0.909. The van der Waals surface area contributed by atoms with E-state index in [4.69, 9.17) is 5.73 Å². The van der Waals surface area contributed by atoms with Gasteiger partial charge in [0.2, 0.25) is 0 Å². The fourth-order valence-electron chi connectivity index (χ4n) is 2.17. The molecule has 1 aromatic heterocycles. The summed E-state index contributed by atoms with van der Waals surface area (Å²) in [7, 11) is 0. The van der Waals surface area contributed by atoms with Crippen LogP contribution in [0.2, 0.25) is 0 Å². The maximum atomic E-state index is 6.21. The van der Waals surface area contributed by atoms with Crippen LogP contribution in [0, 0.1) is 6.92 Å². The lowest BCUT2D eigenvalue weighted by Gasteiger charge is -2.26. The van der Waals surface area contributed by atoms with E-state index in [1.165, 1.54) is 5.56 Å². The van der Waals surface area contributed by atoms with E-state index in [-0.39, 0.29) is 5.50 Å². The molecule has 3 nitrogen and oxygen atoms in total. The maximum absolute atomic E-state index is 6.21. The van der Waals surface area contributed by atoms with Crippen LogP contribution in [0.25, 0.3) is 5.70 Å². The van der Waals surface area contributed by atoms with Crippen molar-refractivity contribution in [3.8, 4) is 0 Å². The zero-order chi connectivity index (χ0) is 13.2. The number of hydrogen-bond acceptors (Lipinski definition) is 4. The topological polar surface area (TPSA) is 42.2 Å². The molecule has 0 bridgehead atoms. The fraction of sp³-hybridized carbons (Fsp3) is 0.133. The second-order valence-electron chi connectivity index (χ2n) is 4.48. The van der Waals surface area contributed by atoms with Gasteiger partial charge in [-0.05, 0) is 42.2 Å². The molecule has 0 spiro atoms. The monoisotopic (exact) mass is 269 g/mol. The van der Waals surface area contributed by atoms with Crippen LogP contribution < -0.4 is 10.6 Å². The Kier molecular flexibility index (Phi) is 3.27. The number of pyridine rings is 1. The number of aromatic nitrogens is 1. The molecular formula is C15H15N3S. The lowest BCUT2D eigenvalue weighted by Crippen LogP contribution is -2.34. The summed E-state index contributed by atoms with van der Waals surface area (Å²) in [6, 6.07) is 12.4. The minimum Gasteiger partial charge on any atom is -0.315 e. The molecule has 0 saturated carbocycles. The molecule has 0 saturated heterocycles. The van der Waals surface area contributed by atoms with Crippen molar-refractivity contribution in [1.82, 2.24) is 4.98 Å². The first-order chi connectivity index (χ1) is 9.25. The zero-order valence-electron chi connectivity index (χ0n) is 10.7. The number of benzene rings is 1. The van der Waals surface area contributed by atoms with E-state index >= 15 is 0 Å². The first-order valence-corrected chi connectivity index (χ1v) is 7.07. The van der Waals surface area contributed by atoms with E-state index < -0.39 is 0 Å². The molecule has 2 heterocycles.